The molecule has 1 aliphatic rings. The van der Waals surface area contributed by atoms with Gasteiger partial charge in [-0.2, -0.15) is 0 Å². The minimum atomic E-state index is -0.0643. The van der Waals surface area contributed by atoms with Crippen LogP contribution in [-0.4, -0.2) is 48.3 Å². The third kappa shape index (κ3) is 3.40. The largest absolute Gasteiger partial charge is 0.497 e. The molecule has 24 heavy (non-hydrogen) atoms. The lowest BCUT2D eigenvalue weighted by Crippen LogP contribution is -2.28. The molecule has 1 saturated heterocycles. The Morgan fingerprint density at radius 1 is 1.08 bits per heavy atom. The van der Waals surface area contributed by atoms with Gasteiger partial charge >= 0.3 is 0 Å². The third-order valence-corrected chi connectivity index (χ3v) is 3.95. The van der Waals surface area contributed by atoms with Gasteiger partial charge < -0.3 is 19.7 Å². The molecule has 0 spiro atoms. The molecule has 0 radical (unpaired) electrons. The molecule has 1 fully saturated rings. The molecule has 126 valence electrons. The van der Waals surface area contributed by atoms with E-state index in [0.29, 0.717) is 28.7 Å². The van der Waals surface area contributed by atoms with Crippen molar-refractivity contribution in [3.63, 3.8) is 0 Å². The van der Waals surface area contributed by atoms with Crippen molar-refractivity contribution in [3.05, 3.63) is 36.0 Å². The van der Waals surface area contributed by atoms with E-state index in [0.717, 1.165) is 25.9 Å². The van der Waals surface area contributed by atoms with E-state index in [9.17, 15) is 4.79 Å². The average molecular weight is 328 g/mol. The van der Waals surface area contributed by atoms with Crippen molar-refractivity contribution in [1.29, 1.82) is 0 Å². The second-order valence-corrected chi connectivity index (χ2v) is 5.49. The second-order valence-electron chi connectivity index (χ2n) is 5.49. The first-order valence-electron chi connectivity index (χ1n) is 7.83. The van der Waals surface area contributed by atoms with Crippen LogP contribution in [0.5, 0.6) is 11.5 Å². The van der Waals surface area contributed by atoms with Gasteiger partial charge in [0.15, 0.2) is 11.5 Å². The number of rotatable bonds is 5. The summed E-state index contributed by atoms with van der Waals surface area (Å²) in [5.74, 6) is 1.83. The van der Waals surface area contributed by atoms with Crippen LogP contribution in [0, 0.1) is 0 Å². The van der Waals surface area contributed by atoms with Crippen LogP contribution >= 0.6 is 0 Å². The zero-order valence-corrected chi connectivity index (χ0v) is 13.8. The Morgan fingerprint density at radius 3 is 2.50 bits per heavy atom. The standard InChI is InChI=1S/C17H20N4O3/c1-23-12-5-7-15(24-2)14(11-12)18-16-8-6-13(19-20-16)17(22)21-9-3-4-10-21/h5-8,11H,3-4,9-10H2,1-2H3,(H,18,20). The van der Waals surface area contributed by atoms with Crippen LogP contribution in [0.2, 0.25) is 0 Å². The summed E-state index contributed by atoms with van der Waals surface area (Å²) in [6.45, 7) is 1.59. The summed E-state index contributed by atoms with van der Waals surface area (Å²) in [6.07, 6.45) is 2.10. The monoisotopic (exact) mass is 328 g/mol. The minimum Gasteiger partial charge on any atom is -0.497 e. The Kier molecular flexibility index (Phi) is 4.79. The van der Waals surface area contributed by atoms with Crippen LogP contribution in [0.1, 0.15) is 23.3 Å². The molecule has 1 aromatic heterocycles. The Hall–Kier alpha value is -2.83. The number of aromatic nitrogens is 2. The van der Waals surface area contributed by atoms with Crippen LogP contribution in [0.4, 0.5) is 11.5 Å². The molecule has 7 heteroatoms. The van der Waals surface area contributed by atoms with Crippen molar-refractivity contribution in [2.75, 3.05) is 32.6 Å². The number of anilines is 2. The highest BCUT2D eigenvalue weighted by atomic mass is 16.5. The maximum atomic E-state index is 12.3. The van der Waals surface area contributed by atoms with E-state index >= 15 is 0 Å². The summed E-state index contributed by atoms with van der Waals surface area (Å²) in [6, 6.07) is 8.84. The fourth-order valence-corrected chi connectivity index (χ4v) is 2.64. The molecule has 3 rings (SSSR count). The maximum Gasteiger partial charge on any atom is 0.274 e. The maximum absolute atomic E-state index is 12.3. The fourth-order valence-electron chi connectivity index (χ4n) is 2.64. The number of amides is 1. The summed E-state index contributed by atoms with van der Waals surface area (Å²) in [4.78, 5) is 14.1. The molecular formula is C17H20N4O3. The number of methoxy groups -OCH3 is 2. The van der Waals surface area contributed by atoms with Gasteiger partial charge in [-0.25, -0.2) is 0 Å². The Bertz CT molecular complexity index is 712. The normalized spacial score (nSPS) is 13.7. The smallest absolute Gasteiger partial charge is 0.274 e. The molecule has 0 saturated carbocycles. The van der Waals surface area contributed by atoms with Crippen molar-refractivity contribution in [2.45, 2.75) is 12.8 Å². The quantitative estimate of drug-likeness (QED) is 0.908. The van der Waals surface area contributed by atoms with Crippen LogP contribution in [0.25, 0.3) is 0 Å². The number of hydrogen-bond donors (Lipinski definition) is 1. The van der Waals surface area contributed by atoms with Gasteiger partial charge in [-0.15, -0.1) is 10.2 Å². The molecule has 1 aliphatic heterocycles. The first kappa shape index (κ1) is 16.0. The van der Waals surface area contributed by atoms with Gasteiger partial charge in [0.1, 0.15) is 11.5 Å². The molecule has 1 aromatic carbocycles. The molecule has 7 nitrogen and oxygen atoms in total. The lowest BCUT2D eigenvalue weighted by Gasteiger charge is -2.14. The van der Waals surface area contributed by atoms with Crippen LogP contribution in [0.3, 0.4) is 0 Å². The Labute approximate surface area is 140 Å². The van der Waals surface area contributed by atoms with Crippen molar-refractivity contribution in [3.8, 4) is 11.5 Å². The SMILES string of the molecule is COc1ccc(OC)c(Nc2ccc(C(=O)N3CCCC3)nn2)c1. The van der Waals surface area contributed by atoms with E-state index in [-0.39, 0.29) is 5.91 Å². The van der Waals surface area contributed by atoms with E-state index in [1.165, 1.54) is 0 Å². The first-order valence-corrected chi connectivity index (χ1v) is 7.83. The van der Waals surface area contributed by atoms with Crippen molar-refractivity contribution < 1.29 is 14.3 Å². The Balaban J connectivity index is 1.75. The molecule has 0 unspecified atom stereocenters. The van der Waals surface area contributed by atoms with E-state index in [1.54, 1.807) is 32.4 Å². The van der Waals surface area contributed by atoms with Gasteiger partial charge in [-0.1, -0.05) is 0 Å². The summed E-state index contributed by atoms with van der Waals surface area (Å²) >= 11 is 0. The number of carbonyl (C=O) groups excluding carboxylic acids is 1. The summed E-state index contributed by atoms with van der Waals surface area (Å²) < 4.78 is 10.5. The number of ether oxygens (including phenoxy) is 2. The zero-order chi connectivity index (χ0) is 16.9. The molecule has 0 aliphatic carbocycles. The van der Waals surface area contributed by atoms with Gasteiger partial charge in [0.25, 0.3) is 5.91 Å². The van der Waals surface area contributed by atoms with Crippen molar-refractivity contribution in [2.24, 2.45) is 0 Å². The van der Waals surface area contributed by atoms with Crippen LogP contribution in [0.15, 0.2) is 30.3 Å². The molecule has 0 atom stereocenters. The topological polar surface area (TPSA) is 76.6 Å². The van der Waals surface area contributed by atoms with E-state index in [4.69, 9.17) is 9.47 Å². The number of benzene rings is 1. The van der Waals surface area contributed by atoms with Crippen LogP contribution < -0.4 is 14.8 Å². The lowest BCUT2D eigenvalue weighted by molar-refractivity contribution is 0.0786. The summed E-state index contributed by atoms with van der Waals surface area (Å²) in [7, 11) is 3.20. The molecule has 2 aromatic rings. The number of likely N-dealkylation sites (tertiary alicyclic amines) is 1. The first-order chi connectivity index (χ1) is 11.7. The number of hydrogen-bond acceptors (Lipinski definition) is 6. The number of nitrogens with zero attached hydrogens (tertiary/aromatic N) is 3. The highest BCUT2D eigenvalue weighted by Gasteiger charge is 2.20. The van der Waals surface area contributed by atoms with E-state index in [2.05, 4.69) is 15.5 Å². The van der Waals surface area contributed by atoms with Gasteiger partial charge in [0.2, 0.25) is 0 Å². The van der Waals surface area contributed by atoms with Crippen molar-refractivity contribution in [1.82, 2.24) is 15.1 Å². The van der Waals surface area contributed by atoms with Gasteiger partial charge in [-0.3, -0.25) is 4.79 Å². The van der Waals surface area contributed by atoms with Crippen molar-refractivity contribution >= 4 is 17.4 Å². The molecule has 1 amide bonds. The predicted molar refractivity (Wildman–Crippen MR) is 90.0 cm³/mol. The van der Waals surface area contributed by atoms with E-state index in [1.807, 2.05) is 17.0 Å². The summed E-state index contributed by atoms with van der Waals surface area (Å²) in [5, 5.41) is 11.3. The highest BCUT2D eigenvalue weighted by molar-refractivity contribution is 5.92. The second kappa shape index (κ2) is 7.16. The summed E-state index contributed by atoms with van der Waals surface area (Å²) in [5.41, 5.74) is 1.07. The average Bonchev–Trinajstić information content (AvgIpc) is 3.16. The zero-order valence-electron chi connectivity index (χ0n) is 13.8. The number of carbonyl (C=O) groups is 1. The number of nitrogens with one attached hydrogen (secondary N) is 1. The molecule has 0 bridgehead atoms. The fraction of sp³-hybridized carbons (Fsp3) is 0.353. The van der Waals surface area contributed by atoms with Gasteiger partial charge in [-0.05, 0) is 37.1 Å². The third-order valence-electron chi connectivity index (χ3n) is 3.95. The van der Waals surface area contributed by atoms with Gasteiger partial charge in [0.05, 0.1) is 19.9 Å². The minimum absolute atomic E-state index is 0.0643. The predicted octanol–water partition coefficient (Wildman–Crippen LogP) is 2.47. The highest BCUT2D eigenvalue weighted by Crippen LogP contribution is 2.30. The molecular weight excluding hydrogens is 308 g/mol. The van der Waals surface area contributed by atoms with Gasteiger partial charge in [0, 0.05) is 19.2 Å². The van der Waals surface area contributed by atoms with Crippen LogP contribution in [-0.2, 0) is 0 Å². The van der Waals surface area contributed by atoms with E-state index < -0.39 is 0 Å². The molecule has 1 N–H and O–H groups in total. The lowest BCUT2D eigenvalue weighted by atomic mass is 10.2. The Morgan fingerprint density at radius 2 is 1.88 bits per heavy atom. The molecule has 2 heterocycles.